The van der Waals surface area contributed by atoms with Crippen molar-refractivity contribution in [3.05, 3.63) is 0 Å². The lowest BCUT2D eigenvalue weighted by Gasteiger charge is -2.60. The van der Waals surface area contributed by atoms with Crippen LogP contribution in [0.1, 0.15) is 78.6 Å². The molecule has 124 valence electrons. The summed E-state index contributed by atoms with van der Waals surface area (Å²) in [5.41, 5.74) is 0.999. The molecule has 7 atom stereocenters. The Labute approximate surface area is 135 Å². The van der Waals surface area contributed by atoms with Crippen molar-refractivity contribution in [3.63, 3.8) is 0 Å². The summed E-state index contributed by atoms with van der Waals surface area (Å²) in [6.07, 6.45) is 11.7. The fraction of sp³-hybridized carbons (Fsp3) is 0.950. The molecule has 2 nitrogen and oxygen atoms in total. The number of hydrogen-bond donors (Lipinski definition) is 1. The SMILES string of the molecule is CC[C@H]1CC[C@H]2[C@@H]3CCC4NC(=O)CC[C@]4(C)[C@H]3CC[C@]12C. The molecular weight excluding hydrogens is 270 g/mol. The van der Waals surface area contributed by atoms with Crippen molar-refractivity contribution < 1.29 is 4.79 Å². The van der Waals surface area contributed by atoms with E-state index in [1.54, 1.807) is 0 Å². The fourth-order valence-electron chi connectivity index (χ4n) is 7.48. The van der Waals surface area contributed by atoms with Gasteiger partial charge >= 0.3 is 0 Å². The first-order valence-corrected chi connectivity index (χ1v) is 9.78. The summed E-state index contributed by atoms with van der Waals surface area (Å²) in [7, 11) is 0. The van der Waals surface area contributed by atoms with Crippen LogP contribution in [0.3, 0.4) is 0 Å². The monoisotopic (exact) mass is 303 g/mol. The minimum atomic E-state index is 0.300. The molecule has 4 rings (SSSR count). The maximum Gasteiger partial charge on any atom is 0.220 e. The lowest BCUT2D eigenvalue weighted by molar-refractivity contribution is -0.136. The zero-order chi connectivity index (χ0) is 15.5. The Kier molecular flexibility index (Phi) is 3.40. The van der Waals surface area contributed by atoms with E-state index in [0.29, 0.717) is 22.8 Å². The zero-order valence-corrected chi connectivity index (χ0v) is 14.7. The van der Waals surface area contributed by atoms with Gasteiger partial charge in [0.15, 0.2) is 0 Å². The third kappa shape index (κ3) is 1.88. The van der Waals surface area contributed by atoms with Crippen molar-refractivity contribution in [2.75, 3.05) is 0 Å². The molecule has 4 aliphatic rings. The van der Waals surface area contributed by atoms with Crippen molar-refractivity contribution in [1.82, 2.24) is 5.32 Å². The minimum Gasteiger partial charge on any atom is -0.353 e. The van der Waals surface area contributed by atoms with Crippen LogP contribution in [0.25, 0.3) is 0 Å². The van der Waals surface area contributed by atoms with E-state index in [1.807, 2.05) is 0 Å². The van der Waals surface area contributed by atoms with E-state index in [4.69, 9.17) is 0 Å². The summed E-state index contributed by atoms with van der Waals surface area (Å²) in [5.74, 6) is 4.03. The van der Waals surface area contributed by atoms with E-state index in [-0.39, 0.29) is 0 Å². The van der Waals surface area contributed by atoms with Crippen molar-refractivity contribution in [3.8, 4) is 0 Å². The Morgan fingerprint density at radius 1 is 1.00 bits per heavy atom. The molecule has 1 aliphatic heterocycles. The van der Waals surface area contributed by atoms with Gasteiger partial charge in [0, 0.05) is 12.5 Å². The molecular formula is C20H33NO. The van der Waals surface area contributed by atoms with Crippen LogP contribution < -0.4 is 5.32 Å². The normalized spacial score (nSPS) is 54.1. The van der Waals surface area contributed by atoms with Crippen molar-refractivity contribution in [2.24, 2.45) is 34.5 Å². The van der Waals surface area contributed by atoms with Crippen LogP contribution in [0.4, 0.5) is 0 Å². The van der Waals surface area contributed by atoms with E-state index in [1.165, 1.54) is 44.9 Å². The summed E-state index contributed by atoms with van der Waals surface area (Å²) in [6, 6.07) is 0.461. The lowest BCUT2D eigenvalue weighted by atomic mass is 9.47. The van der Waals surface area contributed by atoms with Gasteiger partial charge in [-0.3, -0.25) is 4.79 Å². The number of piperidine rings is 1. The Morgan fingerprint density at radius 3 is 2.55 bits per heavy atom. The second-order valence-corrected chi connectivity index (χ2v) is 9.31. The van der Waals surface area contributed by atoms with E-state index in [2.05, 4.69) is 26.1 Å². The molecule has 0 aromatic carbocycles. The highest BCUT2D eigenvalue weighted by Gasteiger charge is 2.59. The molecule has 22 heavy (non-hydrogen) atoms. The smallest absolute Gasteiger partial charge is 0.220 e. The summed E-state index contributed by atoms with van der Waals surface area (Å²) in [5, 5.41) is 3.34. The molecule has 3 aliphatic carbocycles. The van der Waals surface area contributed by atoms with Gasteiger partial charge in [-0.15, -0.1) is 0 Å². The van der Waals surface area contributed by atoms with E-state index >= 15 is 0 Å². The lowest BCUT2D eigenvalue weighted by Crippen LogP contribution is -2.61. The molecule has 0 bridgehead atoms. The summed E-state index contributed by atoms with van der Waals surface area (Å²) in [4.78, 5) is 11.8. The molecule has 3 saturated carbocycles. The van der Waals surface area contributed by atoms with Gasteiger partial charge in [-0.1, -0.05) is 27.2 Å². The van der Waals surface area contributed by atoms with Gasteiger partial charge in [-0.25, -0.2) is 0 Å². The standard InChI is InChI=1S/C20H33NO/c1-4-13-5-7-15-14-6-8-17-20(3,12-10-18(22)21-17)16(14)9-11-19(13,15)2/h13-17H,4-12H2,1-3H3,(H,21,22)/t13-,14-,15-,16-,17?,19+,20+/m0/s1. The first kappa shape index (κ1) is 15.0. The van der Waals surface area contributed by atoms with Gasteiger partial charge < -0.3 is 5.32 Å². The maximum absolute atomic E-state index is 11.8. The zero-order valence-electron chi connectivity index (χ0n) is 14.7. The van der Waals surface area contributed by atoms with Crippen LogP contribution in [0, 0.1) is 34.5 Å². The highest BCUT2D eigenvalue weighted by atomic mass is 16.1. The predicted octanol–water partition coefficient (Wildman–Crippen LogP) is 4.53. The molecule has 1 heterocycles. The molecule has 0 aromatic rings. The van der Waals surface area contributed by atoms with Crippen molar-refractivity contribution in [1.29, 1.82) is 0 Å². The van der Waals surface area contributed by atoms with Crippen LogP contribution in [-0.2, 0) is 4.79 Å². The highest BCUT2D eigenvalue weighted by molar-refractivity contribution is 5.77. The molecule has 0 spiro atoms. The third-order valence-electron chi connectivity index (χ3n) is 8.78. The highest BCUT2D eigenvalue weighted by Crippen LogP contribution is 2.65. The van der Waals surface area contributed by atoms with Crippen LogP contribution in [0.5, 0.6) is 0 Å². The fourth-order valence-corrected chi connectivity index (χ4v) is 7.48. The molecule has 0 aromatic heterocycles. The second-order valence-electron chi connectivity index (χ2n) is 9.31. The number of carbonyl (C=O) groups excluding carboxylic acids is 1. The quantitative estimate of drug-likeness (QED) is 0.757. The predicted molar refractivity (Wildman–Crippen MR) is 89.3 cm³/mol. The maximum atomic E-state index is 11.8. The van der Waals surface area contributed by atoms with Crippen LogP contribution in [0.15, 0.2) is 0 Å². The van der Waals surface area contributed by atoms with Gasteiger partial charge in [0.05, 0.1) is 0 Å². The topological polar surface area (TPSA) is 29.1 Å². The minimum absolute atomic E-state index is 0.300. The molecule has 0 radical (unpaired) electrons. The van der Waals surface area contributed by atoms with Gasteiger partial charge in [0.2, 0.25) is 5.91 Å². The number of hydrogen-bond acceptors (Lipinski definition) is 1. The Bertz CT molecular complexity index is 474. The van der Waals surface area contributed by atoms with Crippen LogP contribution in [-0.4, -0.2) is 11.9 Å². The Hall–Kier alpha value is -0.530. The molecule has 1 N–H and O–H groups in total. The van der Waals surface area contributed by atoms with Gasteiger partial charge in [0.25, 0.3) is 0 Å². The average molecular weight is 303 g/mol. The molecule has 1 saturated heterocycles. The van der Waals surface area contributed by atoms with Gasteiger partial charge in [-0.2, -0.15) is 0 Å². The third-order valence-corrected chi connectivity index (χ3v) is 8.78. The van der Waals surface area contributed by atoms with Gasteiger partial charge in [-0.05, 0) is 79.4 Å². The Balaban J connectivity index is 1.62. The van der Waals surface area contributed by atoms with E-state index in [0.717, 1.165) is 36.5 Å². The van der Waals surface area contributed by atoms with Crippen LogP contribution in [0.2, 0.25) is 0 Å². The summed E-state index contributed by atoms with van der Waals surface area (Å²) in [6.45, 7) is 7.52. The number of fused-ring (bicyclic) bond motifs is 5. The van der Waals surface area contributed by atoms with E-state index in [9.17, 15) is 4.79 Å². The largest absolute Gasteiger partial charge is 0.353 e. The molecule has 4 fully saturated rings. The number of rotatable bonds is 1. The molecule has 1 amide bonds. The first-order chi connectivity index (χ1) is 10.5. The summed E-state index contributed by atoms with van der Waals surface area (Å²) < 4.78 is 0. The number of nitrogens with one attached hydrogen (secondary N) is 1. The van der Waals surface area contributed by atoms with Crippen LogP contribution >= 0.6 is 0 Å². The van der Waals surface area contributed by atoms with Crippen molar-refractivity contribution >= 4 is 5.91 Å². The van der Waals surface area contributed by atoms with Gasteiger partial charge in [0.1, 0.15) is 0 Å². The molecule has 1 unspecified atom stereocenters. The van der Waals surface area contributed by atoms with Crippen molar-refractivity contribution in [2.45, 2.75) is 84.6 Å². The Morgan fingerprint density at radius 2 is 1.77 bits per heavy atom. The number of amides is 1. The molecule has 2 heteroatoms. The average Bonchev–Trinajstić information content (AvgIpc) is 2.84. The number of carbonyl (C=O) groups is 1. The first-order valence-electron chi connectivity index (χ1n) is 9.78. The van der Waals surface area contributed by atoms with E-state index < -0.39 is 0 Å². The second kappa shape index (κ2) is 4.98. The summed E-state index contributed by atoms with van der Waals surface area (Å²) >= 11 is 0.